The summed E-state index contributed by atoms with van der Waals surface area (Å²) in [5, 5.41) is 2.66. The number of benzene rings is 2. The van der Waals surface area contributed by atoms with Gasteiger partial charge < -0.3 is 15.8 Å². The number of ether oxygens (including phenoxy) is 1. The lowest BCUT2D eigenvalue weighted by molar-refractivity contribution is -0.111. The van der Waals surface area contributed by atoms with E-state index in [9.17, 15) is 9.59 Å². The number of primary amides is 1. The summed E-state index contributed by atoms with van der Waals surface area (Å²) in [4.78, 5) is 23.5. The molecule has 2 aromatic carbocycles. The predicted molar refractivity (Wildman–Crippen MR) is 90.4 cm³/mol. The number of anilines is 1. The first-order valence-corrected chi connectivity index (χ1v) is 7.04. The topological polar surface area (TPSA) is 81.4 Å². The van der Waals surface area contributed by atoms with Crippen LogP contribution >= 0.6 is 0 Å². The maximum Gasteiger partial charge on any atom is 0.250 e. The van der Waals surface area contributed by atoms with E-state index in [0.29, 0.717) is 11.4 Å². The summed E-state index contributed by atoms with van der Waals surface area (Å²) < 4.78 is 5.22. The lowest BCUT2D eigenvalue weighted by Crippen LogP contribution is -2.17. The second-order valence-electron chi connectivity index (χ2n) is 4.98. The van der Waals surface area contributed by atoms with Gasteiger partial charge in [-0.3, -0.25) is 9.59 Å². The van der Waals surface area contributed by atoms with Gasteiger partial charge in [0, 0.05) is 11.6 Å². The van der Waals surface area contributed by atoms with Crippen molar-refractivity contribution in [3.05, 3.63) is 65.2 Å². The third-order valence-electron chi connectivity index (χ3n) is 3.25. The highest BCUT2D eigenvalue weighted by atomic mass is 16.5. The van der Waals surface area contributed by atoms with Crippen LogP contribution in [0.1, 0.15) is 21.5 Å². The summed E-state index contributed by atoms with van der Waals surface area (Å²) in [6.45, 7) is 1.85. The molecule has 0 spiro atoms. The predicted octanol–water partition coefficient (Wildman–Crippen LogP) is 2.75. The van der Waals surface area contributed by atoms with E-state index in [1.165, 1.54) is 6.08 Å². The molecule has 118 valence electrons. The Morgan fingerprint density at radius 2 is 1.91 bits per heavy atom. The molecular formula is C18H18N2O3. The molecule has 2 amide bonds. The molecule has 0 aliphatic rings. The minimum Gasteiger partial charge on any atom is -0.496 e. The van der Waals surface area contributed by atoms with Gasteiger partial charge in [0.15, 0.2) is 0 Å². The van der Waals surface area contributed by atoms with Crippen LogP contribution < -0.4 is 15.8 Å². The van der Waals surface area contributed by atoms with Gasteiger partial charge in [-0.25, -0.2) is 0 Å². The Labute approximate surface area is 134 Å². The molecule has 0 heterocycles. The normalized spacial score (nSPS) is 10.5. The molecule has 0 fully saturated rings. The fourth-order valence-electron chi connectivity index (χ4n) is 2.11. The highest BCUT2D eigenvalue weighted by molar-refractivity contribution is 6.07. The summed E-state index contributed by atoms with van der Waals surface area (Å²) in [5.74, 6) is -0.273. The van der Waals surface area contributed by atoms with Gasteiger partial charge in [-0.1, -0.05) is 29.8 Å². The fourth-order valence-corrected chi connectivity index (χ4v) is 2.11. The number of methoxy groups -OCH3 is 1. The third-order valence-corrected chi connectivity index (χ3v) is 3.25. The van der Waals surface area contributed by atoms with Crippen LogP contribution in [0.15, 0.2) is 48.5 Å². The molecule has 0 atom stereocenters. The lowest BCUT2D eigenvalue weighted by atomic mass is 10.1. The van der Waals surface area contributed by atoms with Gasteiger partial charge in [-0.2, -0.15) is 0 Å². The number of aryl methyl sites for hydroxylation is 1. The Morgan fingerprint density at radius 1 is 1.17 bits per heavy atom. The summed E-state index contributed by atoms with van der Waals surface area (Å²) >= 11 is 0. The van der Waals surface area contributed by atoms with Crippen molar-refractivity contribution in [2.45, 2.75) is 6.92 Å². The van der Waals surface area contributed by atoms with Crippen molar-refractivity contribution >= 4 is 23.6 Å². The molecule has 0 unspecified atom stereocenters. The number of carbonyl (C=O) groups excluding carboxylic acids is 2. The van der Waals surface area contributed by atoms with Crippen molar-refractivity contribution in [2.75, 3.05) is 12.4 Å². The summed E-state index contributed by atoms with van der Waals surface area (Å²) in [6, 6.07) is 12.4. The average Bonchev–Trinajstić information content (AvgIpc) is 2.54. The van der Waals surface area contributed by atoms with Crippen LogP contribution in [0.2, 0.25) is 0 Å². The molecule has 0 saturated carbocycles. The Morgan fingerprint density at radius 3 is 2.61 bits per heavy atom. The van der Waals surface area contributed by atoms with E-state index in [1.807, 2.05) is 31.2 Å². The van der Waals surface area contributed by atoms with Gasteiger partial charge in [0.05, 0.1) is 18.4 Å². The summed E-state index contributed by atoms with van der Waals surface area (Å²) in [7, 11) is 1.57. The van der Waals surface area contributed by atoms with Crippen molar-refractivity contribution < 1.29 is 14.3 Å². The Hall–Kier alpha value is -3.08. The quantitative estimate of drug-likeness (QED) is 0.833. The standard InChI is InChI=1S/C18H18N2O3/c1-12-7-9-15(14(11-12)18(19)22)20-17(21)10-8-13-5-3-4-6-16(13)23-2/h3-11H,1-2H3,(H2,19,22)(H,20,21)/b10-8+. The van der Waals surface area contributed by atoms with Crippen molar-refractivity contribution in [2.24, 2.45) is 5.73 Å². The highest BCUT2D eigenvalue weighted by Gasteiger charge is 2.10. The van der Waals surface area contributed by atoms with Crippen molar-refractivity contribution in [3.63, 3.8) is 0 Å². The first-order valence-electron chi connectivity index (χ1n) is 7.04. The van der Waals surface area contributed by atoms with Gasteiger partial charge in [-0.15, -0.1) is 0 Å². The zero-order valence-electron chi connectivity index (χ0n) is 13.0. The number of para-hydroxylation sites is 1. The average molecular weight is 310 g/mol. The second-order valence-corrected chi connectivity index (χ2v) is 4.98. The molecule has 0 aliphatic carbocycles. The zero-order chi connectivity index (χ0) is 16.8. The molecule has 2 rings (SSSR count). The van der Waals surface area contributed by atoms with Crippen LogP contribution in [-0.2, 0) is 4.79 Å². The van der Waals surface area contributed by atoms with Gasteiger partial charge in [0.1, 0.15) is 5.75 Å². The first kappa shape index (κ1) is 16.3. The minimum atomic E-state index is -0.585. The Kier molecular flexibility index (Phi) is 5.15. The maximum atomic E-state index is 12.1. The third kappa shape index (κ3) is 4.20. The Balaban J connectivity index is 2.17. The van der Waals surface area contributed by atoms with Crippen molar-refractivity contribution in [1.82, 2.24) is 0 Å². The number of carbonyl (C=O) groups is 2. The van der Waals surface area contributed by atoms with Crippen LogP contribution in [0, 0.1) is 6.92 Å². The minimum absolute atomic E-state index is 0.282. The SMILES string of the molecule is COc1ccccc1/C=C/C(=O)Nc1ccc(C)cc1C(N)=O. The molecular weight excluding hydrogens is 292 g/mol. The second kappa shape index (κ2) is 7.26. The van der Waals surface area contributed by atoms with E-state index in [0.717, 1.165) is 11.1 Å². The van der Waals surface area contributed by atoms with Gasteiger partial charge in [0.2, 0.25) is 5.91 Å². The van der Waals surface area contributed by atoms with E-state index < -0.39 is 5.91 Å². The highest BCUT2D eigenvalue weighted by Crippen LogP contribution is 2.19. The molecule has 5 heteroatoms. The maximum absolute atomic E-state index is 12.1. The van der Waals surface area contributed by atoms with Gasteiger partial charge >= 0.3 is 0 Å². The molecule has 3 N–H and O–H groups in total. The number of amides is 2. The number of nitrogens with two attached hydrogens (primary N) is 1. The first-order chi connectivity index (χ1) is 11.0. The molecule has 0 bridgehead atoms. The van der Waals surface area contributed by atoms with Crippen molar-refractivity contribution in [1.29, 1.82) is 0 Å². The molecule has 2 aromatic rings. The molecule has 0 aromatic heterocycles. The van der Waals surface area contributed by atoms with Crippen LogP contribution in [0.3, 0.4) is 0 Å². The molecule has 0 saturated heterocycles. The molecule has 0 radical (unpaired) electrons. The van der Waals surface area contributed by atoms with Gasteiger partial charge in [-0.05, 0) is 31.2 Å². The van der Waals surface area contributed by atoms with E-state index in [1.54, 1.807) is 31.4 Å². The Bertz CT molecular complexity index is 767. The monoisotopic (exact) mass is 310 g/mol. The number of hydrogen-bond acceptors (Lipinski definition) is 3. The number of rotatable bonds is 5. The van der Waals surface area contributed by atoms with Crippen molar-refractivity contribution in [3.8, 4) is 5.75 Å². The van der Waals surface area contributed by atoms with Crippen LogP contribution in [0.25, 0.3) is 6.08 Å². The van der Waals surface area contributed by atoms with E-state index in [2.05, 4.69) is 5.32 Å². The summed E-state index contributed by atoms with van der Waals surface area (Å²) in [6.07, 6.45) is 3.02. The summed E-state index contributed by atoms with van der Waals surface area (Å²) in [5.41, 5.74) is 7.68. The molecule has 5 nitrogen and oxygen atoms in total. The van der Waals surface area contributed by atoms with E-state index >= 15 is 0 Å². The number of nitrogens with one attached hydrogen (secondary N) is 1. The fraction of sp³-hybridized carbons (Fsp3) is 0.111. The largest absolute Gasteiger partial charge is 0.496 e. The van der Waals surface area contributed by atoms with Crippen LogP contribution in [-0.4, -0.2) is 18.9 Å². The van der Waals surface area contributed by atoms with Gasteiger partial charge in [0.25, 0.3) is 5.91 Å². The lowest BCUT2D eigenvalue weighted by Gasteiger charge is -2.08. The van der Waals surface area contributed by atoms with E-state index in [-0.39, 0.29) is 11.5 Å². The number of hydrogen-bond donors (Lipinski definition) is 2. The smallest absolute Gasteiger partial charge is 0.250 e. The molecule has 23 heavy (non-hydrogen) atoms. The van der Waals surface area contributed by atoms with Crippen LogP contribution in [0.4, 0.5) is 5.69 Å². The molecule has 0 aliphatic heterocycles. The zero-order valence-corrected chi connectivity index (χ0v) is 13.0. The van der Waals surface area contributed by atoms with E-state index in [4.69, 9.17) is 10.5 Å². The van der Waals surface area contributed by atoms with Crippen LogP contribution in [0.5, 0.6) is 5.75 Å².